The van der Waals surface area contributed by atoms with Gasteiger partial charge in [-0.15, -0.1) is 0 Å². The molecule has 0 aliphatic carbocycles. The molecule has 0 bridgehead atoms. The Kier molecular flexibility index (Phi) is 2.45. The van der Waals surface area contributed by atoms with E-state index in [1.807, 2.05) is 0 Å². The van der Waals surface area contributed by atoms with Crippen molar-refractivity contribution in [1.82, 2.24) is 0 Å². The van der Waals surface area contributed by atoms with Crippen LogP contribution >= 0.6 is 0 Å². The lowest BCUT2D eigenvalue weighted by molar-refractivity contribution is 0.0696. The first kappa shape index (κ1) is 8.74. The monoisotopic (exact) mass is 165 g/mol. The maximum atomic E-state index is 10.6. The number of aliphatic hydroxyl groups is 1. The topological polar surface area (TPSA) is 57.5 Å². The van der Waals surface area contributed by atoms with Gasteiger partial charge in [0, 0.05) is 0 Å². The van der Waals surface area contributed by atoms with E-state index in [0.717, 1.165) is 0 Å². The lowest BCUT2D eigenvalue weighted by Gasteiger charge is -2.01. The standard InChI is InChI=1S/C9H9O3/c1-6-2-3-7(5-10)4-8(6)9(11)12/h2-4,10H,1,5H2,(H,11,12). The van der Waals surface area contributed by atoms with Gasteiger partial charge in [0.25, 0.3) is 0 Å². The summed E-state index contributed by atoms with van der Waals surface area (Å²) in [6, 6.07) is 4.65. The number of carboxylic acids is 1. The second-order valence-electron chi connectivity index (χ2n) is 2.45. The summed E-state index contributed by atoms with van der Waals surface area (Å²) < 4.78 is 0. The Morgan fingerprint density at radius 2 is 2.17 bits per heavy atom. The van der Waals surface area contributed by atoms with Crippen molar-refractivity contribution in [2.45, 2.75) is 6.61 Å². The van der Waals surface area contributed by atoms with Gasteiger partial charge in [-0.1, -0.05) is 12.1 Å². The summed E-state index contributed by atoms with van der Waals surface area (Å²) in [7, 11) is 0. The Hall–Kier alpha value is -1.35. The van der Waals surface area contributed by atoms with Crippen LogP contribution in [0.15, 0.2) is 18.2 Å². The van der Waals surface area contributed by atoms with Crippen LogP contribution < -0.4 is 0 Å². The van der Waals surface area contributed by atoms with Gasteiger partial charge in [-0.05, 0) is 24.1 Å². The second-order valence-corrected chi connectivity index (χ2v) is 2.45. The van der Waals surface area contributed by atoms with Crippen LogP contribution in [0.25, 0.3) is 0 Å². The summed E-state index contributed by atoms with van der Waals surface area (Å²) in [5.41, 5.74) is 1.18. The number of hydrogen-bond acceptors (Lipinski definition) is 2. The van der Waals surface area contributed by atoms with E-state index in [4.69, 9.17) is 10.2 Å². The minimum Gasteiger partial charge on any atom is -0.478 e. The normalized spacial score (nSPS) is 9.83. The lowest BCUT2D eigenvalue weighted by atomic mass is 10.1. The summed E-state index contributed by atoms with van der Waals surface area (Å²) in [5, 5.41) is 17.4. The van der Waals surface area contributed by atoms with E-state index in [0.29, 0.717) is 11.1 Å². The zero-order valence-electron chi connectivity index (χ0n) is 6.45. The molecule has 0 saturated heterocycles. The zero-order chi connectivity index (χ0) is 9.14. The van der Waals surface area contributed by atoms with Crippen LogP contribution in [-0.4, -0.2) is 16.2 Å². The molecular formula is C9H9O3. The van der Waals surface area contributed by atoms with Gasteiger partial charge in [-0.3, -0.25) is 0 Å². The molecule has 0 atom stereocenters. The van der Waals surface area contributed by atoms with Crippen molar-refractivity contribution < 1.29 is 15.0 Å². The molecule has 0 amide bonds. The van der Waals surface area contributed by atoms with Crippen LogP contribution in [-0.2, 0) is 6.61 Å². The predicted molar refractivity (Wildman–Crippen MR) is 43.8 cm³/mol. The highest BCUT2D eigenvalue weighted by molar-refractivity contribution is 5.89. The van der Waals surface area contributed by atoms with Gasteiger partial charge in [0.05, 0.1) is 12.2 Å². The maximum Gasteiger partial charge on any atom is 0.335 e. The molecule has 2 N–H and O–H groups in total. The fourth-order valence-corrected chi connectivity index (χ4v) is 0.921. The van der Waals surface area contributed by atoms with Crippen LogP contribution in [0.2, 0.25) is 0 Å². The molecule has 63 valence electrons. The number of aromatic carboxylic acids is 1. The van der Waals surface area contributed by atoms with Crippen LogP contribution in [0.5, 0.6) is 0 Å². The molecule has 0 spiro atoms. The van der Waals surface area contributed by atoms with Gasteiger partial charge in [0.2, 0.25) is 0 Å². The number of rotatable bonds is 2. The SMILES string of the molecule is [CH2]c1ccc(CO)cc1C(=O)O. The van der Waals surface area contributed by atoms with Crippen molar-refractivity contribution in [2.75, 3.05) is 0 Å². The van der Waals surface area contributed by atoms with Crippen molar-refractivity contribution in [3.63, 3.8) is 0 Å². The molecule has 3 heteroatoms. The molecule has 1 radical (unpaired) electrons. The van der Waals surface area contributed by atoms with E-state index in [1.165, 1.54) is 6.07 Å². The van der Waals surface area contributed by atoms with E-state index >= 15 is 0 Å². The average molecular weight is 165 g/mol. The minimum atomic E-state index is -1.02. The first-order valence-corrected chi connectivity index (χ1v) is 3.44. The second kappa shape index (κ2) is 3.36. The third-order valence-electron chi connectivity index (χ3n) is 1.59. The number of carboxylic acid groups (broad SMARTS) is 1. The summed E-state index contributed by atoms with van der Waals surface area (Å²) in [4.78, 5) is 10.6. The Labute approximate surface area is 70.3 Å². The molecule has 1 rings (SSSR count). The van der Waals surface area contributed by atoms with E-state index in [-0.39, 0.29) is 12.2 Å². The van der Waals surface area contributed by atoms with Crippen molar-refractivity contribution in [2.24, 2.45) is 0 Å². The number of aliphatic hydroxyl groups excluding tert-OH is 1. The van der Waals surface area contributed by atoms with Gasteiger partial charge < -0.3 is 10.2 Å². The Bertz CT molecular complexity index is 305. The van der Waals surface area contributed by atoms with Crippen molar-refractivity contribution >= 4 is 5.97 Å². The zero-order valence-corrected chi connectivity index (χ0v) is 6.45. The van der Waals surface area contributed by atoms with Gasteiger partial charge in [-0.25, -0.2) is 4.79 Å². The number of carbonyl (C=O) groups is 1. The molecule has 3 nitrogen and oxygen atoms in total. The molecule has 0 aromatic heterocycles. The van der Waals surface area contributed by atoms with Crippen LogP contribution in [0.1, 0.15) is 21.5 Å². The highest BCUT2D eigenvalue weighted by Crippen LogP contribution is 2.10. The van der Waals surface area contributed by atoms with Crippen molar-refractivity contribution in [1.29, 1.82) is 0 Å². The van der Waals surface area contributed by atoms with E-state index in [1.54, 1.807) is 12.1 Å². The fraction of sp³-hybridized carbons (Fsp3) is 0.111. The largest absolute Gasteiger partial charge is 0.478 e. The summed E-state index contributed by atoms with van der Waals surface area (Å²) in [6.07, 6.45) is 0. The van der Waals surface area contributed by atoms with Crippen molar-refractivity contribution in [3.05, 3.63) is 41.8 Å². The highest BCUT2D eigenvalue weighted by atomic mass is 16.4. The quantitative estimate of drug-likeness (QED) is 0.688. The molecule has 12 heavy (non-hydrogen) atoms. The van der Waals surface area contributed by atoms with Gasteiger partial charge in [-0.2, -0.15) is 0 Å². The fourth-order valence-electron chi connectivity index (χ4n) is 0.921. The molecule has 0 saturated carbocycles. The first-order valence-electron chi connectivity index (χ1n) is 3.44. The summed E-state index contributed by atoms with van der Waals surface area (Å²) >= 11 is 0. The molecule has 0 aliphatic heterocycles. The van der Waals surface area contributed by atoms with Crippen LogP contribution in [0, 0.1) is 6.92 Å². The summed E-state index contributed by atoms with van der Waals surface area (Å²) in [6.45, 7) is 3.40. The Balaban J connectivity index is 3.17. The van der Waals surface area contributed by atoms with Crippen LogP contribution in [0.4, 0.5) is 0 Å². The van der Waals surface area contributed by atoms with E-state index in [9.17, 15) is 4.79 Å². The van der Waals surface area contributed by atoms with E-state index < -0.39 is 5.97 Å². The lowest BCUT2D eigenvalue weighted by Crippen LogP contribution is -2.00. The third-order valence-corrected chi connectivity index (χ3v) is 1.59. The Morgan fingerprint density at radius 3 is 2.67 bits per heavy atom. The molecule has 1 aromatic carbocycles. The predicted octanol–water partition coefficient (Wildman–Crippen LogP) is 1.06. The average Bonchev–Trinajstić information content (AvgIpc) is 2.05. The molecule has 0 aliphatic rings. The molecule has 1 aromatic rings. The Morgan fingerprint density at radius 1 is 1.50 bits per heavy atom. The molecular weight excluding hydrogens is 156 g/mol. The van der Waals surface area contributed by atoms with Crippen molar-refractivity contribution in [3.8, 4) is 0 Å². The smallest absolute Gasteiger partial charge is 0.335 e. The van der Waals surface area contributed by atoms with Gasteiger partial charge in [0.15, 0.2) is 0 Å². The third kappa shape index (κ3) is 1.62. The first-order chi connectivity index (χ1) is 5.65. The summed E-state index contributed by atoms with van der Waals surface area (Å²) in [5.74, 6) is -1.02. The molecule has 0 unspecified atom stereocenters. The molecule has 0 fully saturated rings. The molecule has 0 heterocycles. The number of benzene rings is 1. The minimum absolute atomic E-state index is 0.140. The highest BCUT2D eigenvalue weighted by Gasteiger charge is 2.06. The number of hydrogen-bond donors (Lipinski definition) is 2. The van der Waals surface area contributed by atoms with Crippen LogP contribution in [0.3, 0.4) is 0 Å². The van der Waals surface area contributed by atoms with Gasteiger partial charge >= 0.3 is 5.97 Å². The maximum absolute atomic E-state index is 10.6. The van der Waals surface area contributed by atoms with Gasteiger partial charge in [0.1, 0.15) is 0 Å². The van der Waals surface area contributed by atoms with E-state index in [2.05, 4.69) is 6.92 Å².